The maximum atomic E-state index is 5.44. The van der Waals surface area contributed by atoms with Gasteiger partial charge in [0, 0.05) is 18.6 Å². The first kappa shape index (κ1) is 13.5. The van der Waals surface area contributed by atoms with Crippen LogP contribution in [0.4, 0.5) is 0 Å². The fourth-order valence-electron chi connectivity index (χ4n) is 2.51. The number of nitrogens with one attached hydrogen (secondary N) is 1. The van der Waals surface area contributed by atoms with Gasteiger partial charge in [-0.1, -0.05) is 19.0 Å². The summed E-state index contributed by atoms with van der Waals surface area (Å²) in [6, 6.07) is 0.355. The maximum Gasteiger partial charge on any atom is 0.231 e. The Kier molecular flexibility index (Phi) is 4.72. The van der Waals surface area contributed by atoms with Gasteiger partial charge in [-0.3, -0.25) is 0 Å². The molecule has 0 bridgehead atoms. The van der Waals surface area contributed by atoms with E-state index < -0.39 is 0 Å². The highest BCUT2D eigenvalue weighted by Crippen LogP contribution is 2.26. The zero-order chi connectivity index (χ0) is 13.0. The Labute approximate surface area is 108 Å². The summed E-state index contributed by atoms with van der Waals surface area (Å²) < 4.78 is 10.8. The van der Waals surface area contributed by atoms with Gasteiger partial charge in [-0.05, 0) is 26.3 Å². The molecule has 1 N–H and O–H groups in total. The fraction of sp³-hybridized carbons (Fsp3) is 0.846. The Morgan fingerprint density at radius 3 is 2.89 bits per heavy atom. The van der Waals surface area contributed by atoms with Crippen molar-refractivity contribution in [3.63, 3.8) is 0 Å². The van der Waals surface area contributed by atoms with Crippen LogP contribution in [-0.2, 0) is 4.74 Å². The van der Waals surface area contributed by atoms with E-state index >= 15 is 0 Å². The zero-order valence-electron chi connectivity index (χ0n) is 11.5. The number of hydrogen-bond acceptors (Lipinski definition) is 5. The molecular weight excluding hydrogens is 230 g/mol. The second-order valence-electron chi connectivity index (χ2n) is 4.91. The lowest BCUT2D eigenvalue weighted by Crippen LogP contribution is -2.31. The molecular formula is C13H23N3O2. The van der Waals surface area contributed by atoms with Gasteiger partial charge < -0.3 is 14.6 Å². The molecule has 3 unspecified atom stereocenters. The van der Waals surface area contributed by atoms with Gasteiger partial charge in [-0.15, -0.1) is 0 Å². The Balaban J connectivity index is 2.06. The second-order valence-corrected chi connectivity index (χ2v) is 4.91. The van der Waals surface area contributed by atoms with Crippen LogP contribution in [0.3, 0.4) is 0 Å². The molecule has 0 aliphatic carbocycles. The van der Waals surface area contributed by atoms with Gasteiger partial charge in [-0.2, -0.15) is 4.98 Å². The Morgan fingerprint density at radius 1 is 1.44 bits per heavy atom. The summed E-state index contributed by atoms with van der Waals surface area (Å²) in [5.74, 6) is 2.17. The van der Waals surface area contributed by atoms with E-state index in [-0.39, 0.29) is 5.92 Å². The van der Waals surface area contributed by atoms with Crippen molar-refractivity contribution in [3.8, 4) is 0 Å². The third-order valence-electron chi connectivity index (χ3n) is 3.64. The molecule has 1 aromatic heterocycles. The molecule has 0 aromatic carbocycles. The van der Waals surface area contributed by atoms with Gasteiger partial charge in [0.05, 0.1) is 12.5 Å². The number of rotatable bonds is 6. The van der Waals surface area contributed by atoms with Gasteiger partial charge in [0.15, 0.2) is 5.82 Å². The van der Waals surface area contributed by atoms with Crippen molar-refractivity contribution in [1.82, 2.24) is 15.5 Å². The molecule has 0 amide bonds. The largest absolute Gasteiger partial charge is 0.381 e. The molecule has 5 nitrogen and oxygen atoms in total. The molecule has 3 atom stereocenters. The van der Waals surface area contributed by atoms with Crippen LogP contribution in [0.25, 0.3) is 0 Å². The predicted octanol–water partition coefficient (Wildman–Crippen LogP) is 2.07. The Hall–Kier alpha value is -0.940. The smallest absolute Gasteiger partial charge is 0.231 e. The Bertz CT molecular complexity index is 361. The summed E-state index contributed by atoms with van der Waals surface area (Å²) in [5, 5.41) is 7.54. The van der Waals surface area contributed by atoms with Crippen LogP contribution >= 0.6 is 0 Å². The summed E-state index contributed by atoms with van der Waals surface area (Å²) in [5.41, 5.74) is 0. The molecule has 102 valence electrons. The first-order valence-electron chi connectivity index (χ1n) is 6.90. The van der Waals surface area contributed by atoms with E-state index in [2.05, 4.69) is 36.2 Å². The van der Waals surface area contributed by atoms with Crippen LogP contribution < -0.4 is 5.32 Å². The molecule has 1 fully saturated rings. The fourth-order valence-corrected chi connectivity index (χ4v) is 2.51. The van der Waals surface area contributed by atoms with E-state index in [9.17, 15) is 0 Å². The normalized spacial score (nSPS) is 23.2. The van der Waals surface area contributed by atoms with Crippen molar-refractivity contribution in [2.75, 3.05) is 19.8 Å². The molecule has 18 heavy (non-hydrogen) atoms. The van der Waals surface area contributed by atoms with Crippen LogP contribution in [0.1, 0.15) is 57.2 Å². The van der Waals surface area contributed by atoms with Crippen molar-refractivity contribution >= 4 is 0 Å². The van der Waals surface area contributed by atoms with Gasteiger partial charge in [0.2, 0.25) is 5.89 Å². The summed E-state index contributed by atoms with van der Waals surface area (Å²) in [7, 11) is 0. The molecule has 2 rings (SSSR count). The van der Waals surface area contributed by atoms with Gasteiger partial charge >= 0.3 is 0 Å². The lowest BCUT2D eigenvalue weighted by Gasteiger charge is -2.19. The minimum absolute atomic E-state index is 0.286. The highest BCUT2D eigenvalue weighted by molar-refractivity contribution is 5.02. The second kappa shape index (κ2) is 6.29. The van der Waals surface area contributed by atoms with Crippen LogP contribution in [0.15, 0.2) is 4.52 Å². The summed E-state index contributed by atoms with van der Waals surface area (Å²) in [6.07, 6.45) is 2.00. The summed E-state index contributed by atoms with van der Waals surface area (Å²) in [4.78, 5) is 4.57. The monoisotopic (exact) mass is 253 g/mol. The van der Waals surface area contributed by atoms with Crippen molar-refractivity contribution in [1.29, 1.82) is 0 Å². The first-order valence-corrected chi connectivity index (χ1v) is 6.90. The highest BCUT2D eigenvalue weighted by Gasteiger charge is 2.27. The van der Waals surface area contributed by atoms with E-state index in [0.29, 0.717) is 12.0 Å². The topological polar surface area (TPSA) is 60.2 Å². The van der Waals surface area contributed by atoms with E-state index in [0.717, 1.165) is 44.3 Å². The average molecular weight is 253 g/mol. The van der Waals surface area contributed by atoms with Crippen LogP contribution in [0, 0.1) is 0 Å². The van der Waals surface area contributed by atoms with E-state index in [1.807, 2.05) is 0 Å². The third kappa shape index (κ3) is 2.90. The number of likely N-dealkylation sites (N-methyl/N-ethyl adjacent to an activating group) is 1. The van der Waals surface area contributed by atoms with Gasteiger partial charge in [0.1, 0.15) is 0 Å². The number of hydrogen-bond donors (Lipinski definition) is 1. The average Bonchev–Trinajstić information content (AvgIpc) is 3.00. The van der Waals surface area contributed by atoms with E-state index in [1.54, 1.807) is 0 Å². The van der Waals surface area contributed by atoms with Crippen molar-refractivity contribution < 1.29 is 9.26 Å². The number of aromatic nitrogens is 2. The lowest BCUT2D eigenvalue weighted by molar-refractivity contribution is 0.192. The zero-order valence-corrected chi connectivity index (χ0v) is 11.5. The summed E-state index contributed by atoms with van der Waals surface area (Å²) >= 11 is 0. The molecule has 2 heterocycles. The summed E-state index contributed by atoms with van der Waals surface area (Å²) in [6.45, 7) is 8.91. The SMILES string of the molecule is CCNC(C)C(CC)c1nc(C2CCOC2)no1. The third-order valence-corrected chi connectivity index (χ3v) is 3.64. The molecule has 5 heteroatoms. The number of ether oxygens (including phenoxy) is 1. The van der Waals surface area contributed by atoms with Crippen LogP contribution in [0.2, 0.25) is 0 Å². The molecule has 0 spiro atoms. The highest BCUT2D eigenvalue weighted by atomic mass is 16.5. The maximum absolute atomic E-state index is 5.44. The first-order chi connectivity index (χ1) is 8.76. The van der Waals surface area contributed by atoms with E-state index in [4.69, 9.17) is 9.26 Å². The van der Waals surface area contributed by atoms with Gasteiger partial charge in [-0.25, -0.2) is 0 Å². The minimum atomic E-state index is 0.286. The lowest BCUT2D eigenvalue weighted by atomic mass is 9.98. The minimum Gasteiger partial charge on any atom is -0.381 e. The van der Waals surface area contributed by atoms with Crippen LogP contribution in [0.5, 0.6) is 0 Å². The molecule has 0 radical (unpaired) electrons. The molecule has 1 aliphatic rings. The molecule has 0 saturated carbocycles. The van der Waals surface area contributed by atoms with Crippen molar-refractivity contribution in [2.45, 2.75) is 51.5 Å². The van der Waals surface area contributed by atoms with Crippen LogP contribution in [-0.4, -0.2) is 35.9 Å². The standard InChI is InChI=1S/C13H23N3O2/c1-4-11(9(3)14-5-2)13-15-12(16-18-13)10-6-7-17-8-10/h9-11,14H,4-8H2,1-3H3. The molecule has 1 saturated heterocycles. The van der Waals surface area contributed by atoms with Crippen molar-refractivity contribution in [2.24, 2.45) is 0 Å². The number of nitrogens with zero attached hydrogens (tertiary/aromatic N) is 2. The van der Waals surface area contributed by atoms with Crippen molar-refractivity contribution in [3.05, 3.63) is 11.7 Å². The quantitative estimate of drug-likeness (QED) is 0.841. The molecule has 1 aliphatic heterocycles. The Morgan fingerprint density at radius 2 is 2.28 bits per heavy atom. The predicted molar refractivity (Wildman–Crippen MR) is 68.6 cm³/mol. The molecule has 1 aromatic rings. The van der Waals surface area contributed by atoms with E-state index in [1.165, 1.54) is 0 Å². The van der Waals surface area contributed by atoms with Gasteiger partial charge in [0.25, 0.3) is 0 Å².